The highest BCUT2D eigenvalue weighted by molar-refractivity contribution is 5.89. The van der Waals surface area contributed by atoms with Crippen LogP contribution in [0.1, 0.15) is 12.8 Å². The molecule has 9 nitrogen and oxygen atoms in total. The molecule has 0 saturated carbocycles. The lowest BCUT2D eigenvalue weighted by Gasteiger charge is -2.43. The second-order valence-corrected chi connectivity index (χ2v) is 6.92. The summed E-state index contributed by atoms with van der Waals surface area (Å²) in [6.45, 7) is 3.40. The second-order valence-electron chi connectivity index (χ2n) is 6.92. The standard InChI is InChI=1S/C17H19N3O2.C4H4O4/c1-2-4-14(5-3-1)21-15-10-18-17(19-11-15)22-16-12-20-8-6-13(16)7-9-20;5-3(6)1-2-4(7)8/h1-5,10-11,13,16H,6-9,12H2;1-2H,(H,5,6)(H,7,8)/b;2-1+. The number of carboxylic acid groups (broad SMARTS) is 2. The summed E-state index contributed by atoms with van der Waals surface area (Å²) in [7, 11) is 0. The average molecular weight is 413 g/mol. The van der Waals surface area contributed by atoms with Crippen LogP contribution in [0.25, 0.3) is 0 Å². The molecule has 158 valence electrons. The van der Waals surface area contributed by atoms with E-state index >= 15 is 0 Å². The maximum Gasteiger partial charge on any atom is 0.328 e. The predicted octanol–water partition coefficient (Wildman–Crippen LogP) is 2.45. The van der Waals surface area contributed by atoms with Crippen molar-refractivity contribution in [3.63, 3.8) is 0 Å². The average Bonchev–Trinajstić information content (AvgIpc) is 2.76. The number of benzene rings is 1. The van der Waals surface area contributed by atoms with Gasteiger partial charge < -0.3 is 19.7 Å². The molecule has 0 amide bonds. The molecule has 3 fully saturated rings. The van der Waals surface area contributed by atoms with Crippen molar-refractivity contribution in [1.82, 2.24) is 14.9 Å². The number of nitrogens with zero attached hydrogens (tertiary/aromatic N) is 3. The van der Waals surface area contributed by atoms with Crippen LogP contribution in [0, 0.1) is 5.92 Å². The number of piperidine rings is 3. The molecular formula is C21H23N3O6. The van der Waals surface area contributed by atoms with Crippen LogP contribution in [0.4, 0.5) is 0 Å². The van der Waals surface area contributed by atoms with Gasteiger partial charge in [-0.1, -0.05) is 18.2 Å². The Bertz CT molecular complexity index is 848. The quantitative estimate of drug-likeness (QED) is 0.688. The Kier molecular flexibility index (Phi) is 7.34. The Balaban J connectivity index is 0.000000275. The Morgan fingerprint density at radius 2 is 1.57 bits per heavy atom. The van der Waals surface area contributed by atoms with Crippen molar-refractivity contribution >= 4 is 11.9 Å². The van der Waals surface area contributed by atoms with Gasteiger partial charge in [-0.15, -0.1) is 0 Å². The van der Waals surface area contributed by atoms with Gasteiger partial charge in [-0.2, -0.15) is 9.97 Å². The number of aliphatic carboxylic acids is 2. The molecule has 1 aromatic carbocycles. The van der Waals surface area contributed by atoms with Crippen LogP contribution < -0.4 is 9.47 Å². The summed E-state index contributed by atoms with van der Waals surface area (Å²) in [5, 5.41) is 15.6. The SMILES string of the molecule is O=C(O)/C=C/C(=O)O.c1ccc(Oc2cnc(OC3CN4CCC3CC4)nc2)cc1. The number of para-hydroxylation sites is 1. The summed E-state index contributed by atoms with van der Waals surface area (Å²) in [5.74, 6) is -0.474. The number of rotatable bonds is 6. The molecule has 0 aliphatic carbocycles. The summed E-state index contributed by atoms with van der Waals surface area (Å²) < 4.78 is 11.7. The van der Waals surface area contributed by atoms with Gasteiger partial charge in [0.25, 0.3) is 0 Å². The van der Waals surface area contributed by atoms with E-state index < -0.39 is 11.9 Å². The van der Waals surface area contributed by atoms with Crippen LogP contribution in [0.5, 0.6) is 17.5 Å². The molecule has 0 radical (unpaired) electrons. The Hall–Kier alpha value is -3.46. The Labute approximate surface area is 173 Å². The lowest BCUT2D eigenvalue weighted by molar-refractivity contribution is -0.134. The minimum absolute atomic E-state index is 0.225. The highest BCUT2D eigenvalue weighted by Crippen LogP contribution is 2.30. The number of fused-ring (bicyclic) bond motifs is 3. The molecule has 2 bridgehead atoms. The highest BCUT2D eigenvalue weighted by Gasteiger charge is 2.35. The molecule has 1 atom stereocenters. The van der Waals surface area contributed by atoms with Gasteiger partial charge in [-0.05, 0) is 44.0 Å². The predicted molar refractivity (Wildman–Crippen MR) is 107 cm³/mol. The summed E-state index contributed by atoms with van der Waals surface area (Å²) in [6, 6.07) is 10.1. The maximum atomic E-state index is 9.55. The lowest BCUT2D eigenvalue weighted by atomic mass is 9.86. The van der Waals surface area contributed by atoms with Gasteiger partial charge in [0.1, 0.15) is 11.9 Å². The first kappa shape index (κ1) is 21.3. The van der Waals surface area contributed by atoms with E-state index in [2.05, 4.69) is 14.9 Å². The van der Waals surface area contributed by atoms with Crippen LogP contribution in [-0.4, -0.2) is 62.8 Å². The number of aromatic nitrogens is 2. The Morgan fingerprint density at radius 1 is 0.967 bits per heavy atom. The van der Waals surface area contributed by atoms with E-state index in [9.17, 15) is 9.59 Å². The van der Waals surface area contributed by atoms with Gasteiger partial charge in [0.05, 0.1) is 12.4 Å². The number of hydrogen-bond donors (Lipinski definition) is 2. The monoisotopic (exact) mass is 413 g/mol. The van der Waals surface area contributed by atoms with Gasteiger partial charge in [0, 0.05) is 18.7 Å². The van der Waals surface area contributed by atoms with Gasteiger partial charge in [0.15, 0.2) is 5.75 Å². The topological polar surface area (TPSA) is 122 Å². The molecule has 0 spiro atoms. The van der Waals surface area contributed by atoms with Crippen LogP contribution in [0.15, 0.2) is 54.9 Å². The van der Waals surface area contributed by atoms with E-state index in [0.29, 0.717) is 29.8 Å². The fraction of sp³-hybridized carbons (Fsp3) is 0.333. The van der Waals surface area contributed by atoms with E-state index in [1.54, 1.807) is 12.4 Å². The first-order valence-corrected chi connectivity index (χ1v) is 9.57. The third-order valence-electron chi connectivity index (χ3n) is 4.80. The zero-order valence-electron chi connectivity index (χ0n) is 16.3. The van der Waals surface area contributed by atoms with Crippen molar-refractivity contribution in [3.8, 4) is 17.5 Å². The fourth-order valence-corrected chi connectivity index (χ4v) is 3.36. The third kappa shape index (κ3) is 6.56. The molecule has 3 aliphatic rings. The lowest BCUT2D eigenvalue weighted by Crippen LogP contribution is -2.52. The zero-order chi connectivity index (χ0) is 21.3. The largest absolute Gasteiger partial charge is 0.478 e. The van der Waals surface area contributed by atoms with Crippen LogP contribution in [0.3, 0.4) is 0 Å². The molecule has 3 aliphatic heterocycles. The van der Waals surface area contributed by atoms with E-state index in [4.69, 9.17) is 19.7 Å². The molecule has 9 heteroatoms. The van der Waals surface area contributed by atoms with Crippen LogP contribution >= 0.6 is 0 Å². The zero-order valence-corrected chi connectivity index (χ0v) is 16.3. The molecule has 2 N–H and O–H groups in total. The summed E-state index contributed by atoms with van der Waals surface area (Å²) >= 11 is 0. The van der Waals surface area contributed by atoms with Crippen molar-refractivity contribution in [1.29, 1.82) is 0 Å². The van der Waals surface area contributed by atoms with Crippen molar-refractivity contribution in [2.75, 3.05) is 19.6 Å². The van der Waals surface area contributed by atoms with Crippen LogP contribution in [-0.2, 0) is 9.59 Å². The molecular weight excluding hydrogens is 390 g/mol. The van der Waals surface area contributed by atoms with E-state index in [1.165, 1.54) is 25.9 Å². The highest BCUT2D eigenvalue weighted by atomic mass is 16.5. The van der Waals surface area contributed by atoms with E-state index in [1.807, 2.05) is 30.3 Å². The summed E-state index contributed by atoms with van der Waals surface area (Å²) in [6.07, 6.45) is 7.11. The van der Waals surface area contributed by atoms with Crippen molar-refractivity contribution in [2.45, 2.75) is 18.9 Å². The Morgan fingerprint density at radius 3 is 2.07 bits per heavy atom. The van der Waals surface area contributed by atoms with Gasteiger partial charge >= 0.3 is 17.9 Å². The number of carbonyl (C=O) groups is 2. The fourth-order valence-electron chi connectivity index (χ4n) is 3.36. The van der Waals surface area contributed by atoms with Crippen molar-refractivity contribution < 1.29 is 29.3 Å². The van der Waals surface area contributed by atoms with Crippen molar-refractivity contribution in [3.05, 3.63) is 54.9 Å². The van der Waals surface area contributed by atoms with Gasteiger partial charge in [-0.25, -0.2) is 9.59 Å². The van der Waals surface area contributed by atoms with Crippen molar-refractivity contribution in [2.24, 2.45) is 5.92 Å². The smallest absolute Gasteiger partial charge is 0.328 e. The van der Waals surface area contributed by atoms with E-state index in [0.717, 1.165) is 12.3 Å². The van der Waals surface area contributed by atoms with Crippen LogP contribution in [0.2, 0.25) is 0 Å². The molecule has 4 heterocycles. The third-order valence-corrected chi connectivity index (χ3v) is 4.80. The summed E-state index contributed by atoms with van der Waals surface area (Å²) in [4.78, 5) is 30.1. The number of hydrogen-bond acceptors (Lipinski definition) is 7. The number of carboxylic acids is 2. The van der Waals surface area contributed by atoms with E-state index in [-0.39, 0.29) is 6.10 Å². The summed E-state index contributed by atoms with van der Waals surface area (Å²) in [5.41, 5.74) is 0. The van der Waals surface area contributed by atoms with Gasteiger partial charge in [-0.3, -0.25) is 4.90 Å². The molecule has 5 rings (SSSR count). The molecule has 30 heavy (non-hydrogen) atoms. The minimum Gasteiger partial charge on any atom is -0.478 e. The molecule has 1 aromatic heterocycles. The first-order valence-electron chi connectivity index (χ1n) is 9.57. The molecule has 3 saturated heterocycles. The first-order chi connectivity index (χ1) is 14.5. The number of ether oxygens (including phenoxy) is 2. The maximum absolute atomic E-state index is 9.55. The molecule has 2 aromatic rings. The second kappa shape index (κ2) is 10.4. The van der Waals surface area contributed by atoms with Gasteiger partial charge in [0.2, 0.25) is 0 Å². The minimum atomic E-state index is -1.26. The molecule has 1 unspecified atom stereocenters. The normalized spacial score (nSPS) is 22.1.